The van der Waals surface area contributed by atoms with E-state index >= 15 is 0 Å². The van der Waals surface area contributed by atoms with E-state index in [9.17, 15) is 9.59 Å². The fourth-order valence-corrected chi connectivity index (χ4v) is 4.92. The van der Waals surface area contributed by atoms with E-state index in [-0.39, 0.29) is 17.3 Å². The lowest BCUT2D eigenvalue weighted by molar-refractivity contribution is -0.146. The van der Waals surface area contributed by atoms with Crippen LogP contribution in [0.15, 0.2) is 54.6 Å². The van der Waals surface area contributed by atoms with E-state index in [1.54, 1.807) is 0 Å². The van der Waals surface area contributed by atoms with Gasteiger partial charge >= 0.3 is 5.97 Å². The summed E-state index contributed by atoms with van der Waals surface area (Å²) in [4.78, 5) is 26.9. The van der Waals surface area contributed by atoms with Crippen LogP contribution in [-0.4, -0.2) is 31.2 Å². The van der Waals surface area contributed by atoms with Gasteiger partial charge in [0.1, 0.15) is 5.66 Å². The van der Waals surface area contributed by atoms with Gasteiger partial charge in [0.15, 0.2) is 0 Å². The fourth-order valence-electron chi connectivity index (χ4n) is 4.92. The van der Waals surface area contributed by atoms with Gasteiger partial charge in [0.25, 0.3) is 0 Å². The molecule has 31 heavy (non-hydrogen) atoms. The molecule has 2 aromatic rings. The highest BCUT2D eigenvalue weighted by molar-refractivity contribution is 5.85. The summed E-state index contributed by atoms with van der Waals surface area (Å²) >= 11 is 0. The second kappa shape index (κ2) is 7.26. The lowest BCUT2D eigenvalue weighted by Crippen LogP contribution is -2.68. The monoisotopic (exact) mass is 418 g/mol. The zero-order chi connectivity index (χ0) is 22.4. The molecule has 5 nitrogen and oxygen atoms in total. The highest BCUT2D eigenvalue weighted by atomic mass is 16.5. The Bertz CT molecular complexity index is 1050. The first-order valence-electron chi connectivity index (χ1n) is 10.7. The molecule has 0 aliphatic carbocycles. The fraction of sp³-hybridized carbons (Fsp3) is 0.385. The lowest BCUT2D eigenvalue weighted by Gasteiger charge is -2.49. The van der Waals surface area contributed by atoms with Crippen molar-refractivity contribution in [3.8, 4) is 0 Å². The van der Waals surface area contributed by atoms with Crippen LogP contribution >= 0.6 is 0 Å². The minimum absolute atomic E-state index is 0.0666. The molecule has 0 aromatic heterocycles. The summed E-state index contributed by atoms with van der Waals surface area (Å²) in [6, 6.07) is 16.3. The molecule has 2 aromatic carbocycles. The maximum Gasteiger partial charge on any atom is 0.315 e. The van der Waals surface area contributed by atoms with E-state index in [2.05, 4.69) is 54.4 Å². The SMILES string of the molecule is COC(=O)C(C)(C)c1ccc(/C=C/[C@]23NC(=O)CCN2c2ccccc2C3(C)C)cc1. The number of para-hydroxylation sites is 1. The van der Waals surface area contributed by atoms with E-state index in [4.69, 9.17) is 4.74 Å². The Kier molecular flexibility index (Phi) is 4.95. The zero-order valence-electron chi connectivity index (χ0n) is 18.9. The number of methoxy groups -OCH3 is 1. The maximum absolute atomic E-state index is 12.5. The number of carbonyl (C=O) groups excluding carboxylic acids is 2. The number of carbonyl (C=O) groups is 2. The summed E-state index contributed by atoms with van der Waals surface area (Å²) in [5, 5.41) is 3.30. The minimum Gasteiger partial charge on any atom is -0.468 e. The Morgan fingerprint density at radius 2 is 1.81 bits per heavy atom. The molecule has 1 saturated heterocycles. The van der Waals surface area contributed by atoms with Crippen LogP contribution in [0.25, 0.3) is 6.08 Å². The van der Waals surface area contributed by atoms with Crippen molar-refractivity contribution in [1.82, 2.24) is 5.32 Å². The molecule has 2 aliphatic heterocycles. The average molecular weight is 419 g/mol. The Hall–Kier alpha value is -3.08. The number of nitrogens with zero attached hydrogens (tertiary/aromatic N) is 1. The van der Waals surface area contributed by atoms with Crippen molar-refractivity contribution in [2.24, 2.45) is 0 Å². The number of fused-ring (bicyclic) bond motifs is 3. The molecule has 0 bridgehead atoms. The Balaban J connectivity index is 1.70. The van der Waals surface area contributed by atoms with Gasteiger partial charge in [0.05, 0.1) is 12.5 Å². The van der Waals surface area contributed by atoms with Crippen molar-refractivity contribution in [1.29, 1.82) is 0 Å². The van der Waals surface area contributed by atoms with Crippen molar-refractivity contribution in [3.63, 3.8) is 0 Å². The Morgan fingerprint density at radius 3 is 2.48 bits per heavy atom. The molecule has 0 saturated carbocycles. The molecule has 4 rings (SSSR count). The molecular formula is C26H30N2O3. The zero-order valence-corrected chi connectivity index (χ0v) is 18.9. The molecule has 1 atom stereocenters. The van der Waals surface area contributed by atoms with Crippen LogP contribution in [0, 0.1) is 0 Å². The van der Waals surface area contributed by atoms with Crippen LogP contribution in [-0.2, 0) is 25.2 Å². The number of rotatable bonds is 4. The van der Waals surface area contributed by atoms with E-state index in [1.165, 1.54) is 18.4 Å². The third-order valence-corrected chi connectivity index (χ3v) is 6.98. The number of esters is 1. The second-order valence-electron chi connectivity index (χ2n) is 9.43. The van der Waals surface area contributed by atoms with Gasteiger partial charge in [-0.25, -0.2) is 0 Å². The van der Waals surface area contributed by atoms with Gasteiger partial charge in [-0.2, -0.15) is 0 Å². The summed E-state index contributed by atoms with van der Waals surface area (Å²) in [6.07, 6.45) is 4.66. The van der Waals surface area contributed by atoms with E-state index in [0.29, 0.717) is 13.0 Å². The predicted molar refractivity (Wildman–Crippen MR) is 123 cm³/mol. The van der Waals surface area contributed by atoms with Crippen LogP contribution < -0.4 is 10.2 Å². The quantitative estimate of drug-likeness (QED) is 0.758. The highest BCUT2D eigenvalue weighted by Gasteiger charge is 2.57. The number of amides is 1. The number of ether oxygens (including phenoxy) is 1. The summed E-state index contributed by atoms with van der Waals surface area (Å²) in [6.45, 7) is 8.77. The number of nitrogens with one attached hydrogen (secondary N) is 1. The third kappa shape index (κ3) is 3.14. The van der Waals surface area contributed by atoms with Crippen LogP contribution in [0.5, 0.6) is 0 Å². The van der Waals surface area contributed by atoms with Crippen LogP contribution in [0.2, 0.25) is 0 Å². The van der Waals surface area contributed by atoms with Gasteiger partial charge < -0.3 is 15.0 Å². The normalized spacial score (nSPS) is 22.1. The number of anilines is 1. The molecular weight excluding hydrogens is 388 g/mol. The highest BCUT2D eigenvalue weighted by Crippen LogP contribution is 2.52. The van der Waals surface area contributed by atoms with Crippen molar-refractivity contribution in [2.45, 2.75) is 50.6 Å². The molecule has 2 heterocycles. The third-order valence-electron chi connectivity index (χ3n) is 6.98. The van der Waals surface area contributed by atoms with Gasteiger partial charge in [-0.15, -0.1) is 0 Å². The van der Waals surface area contributed by atoms with Gasteiger partial charge in [0.2, 0.25) is 5.91 Å². The summed E-state index contributed by atoms with van der Waals surface area (Å²) in [5.74, 6) is -0.197. The molecule has 1 N–H and O–H groups in total. The predicted octanol–water partition coefficient (Wildman–Crippen LogP) is 4.16. The topological polar surface area (TPSA) is 58.6 Å². The van der Waals surface area contributed by atoms with E-state index in [1.807, 2.05) is 44.2 Å². The summed E-state index contributed by atoms with van der Waals surface area (Å²) in [5.41, 5.74) is 2.67. The standard InChI is InChI=1S/C26H30N2O3/c1-24(2,23(30)31-5)19-12-10-18(11-13-19)14-16-26-25(3,4)20-8-6-7-9-21(20)28(26)17-15-22(29)27-26/h6-14,16H,15,17H2,1-5H3,(H,27,29)/b16-14+/t26-/m0/s1. The molecule has 1 amide bonds. The van der Waals surface area contributed by atoms with Crippen LogP contribution in [0.3, 0.4) is 0 Å². The van der Waals surface area contributed by atoms with Crippen LogP contribution in [0.4, 0.5) is 5.69 Å². The van der Waals surface area contributed by atoms with E-state index < -0.39 is 11.1 Å². The first-order chi connectivity index (χ1) is 14.6. The molecule has 162 valence electrons. The van der Waals surface area contributed by atoms with Crippen molar-refractivity contribution in [2.75, 3.05) is 18.6 Å². The summed E-state index contributed by atoms with van der Waals surface area (Å²) in [7, 11) is 1.41. The largest absolute Gasteiger partial charge is 0.468 e. The molecule has 1 fully saturated rings. The molecule has 0 radical (unpaired) electrons. The average Bonchev–Trinajstić information content (AvgIpc) is 2.96. The number of hydrogen-bond donors (Lipinski definition) is 1. The smallest absolute Gasteiger partial charge is 0.315 e. The van der Waals surface area contributed by atoms with Crippen molar-refractivity contribution in [3.05, 3.63) is 71.3 Å². The van der Waals surface area contributed by atoms with Gasteiger partial charge in [-0.1, -0.05) is 62.4 Å². The minimum atomic E-state index is -0.709. The van der Waals surface area contributed by atoms with E-state index in [0.717, 1.165) is 11.1 Å². The van der Waals surface area contributed by atoms with Crippen LogP contribution in [0.1, 0.15) is 50.8 Å². The Morgan fingerprint density at radius 1 is 1.13 bits per heavy atom. The molecule has 0 unspecified atom stereocenters. The first-order valence-corrected chi connectivity index (χ1v) is 10.7. The van der Waals surface area contributed by atoms with Crippen molar-refractivity contribution >= 4 is 23.6 Å². The van der Waals surface area contributed by atoms with Gasteiger partial charge in [-0.05, 0) is 42.7 Å². The number of hydrogen-bond acceptors (Lipinski definition) is 4. The molecule has 2 aliphatic rings. The Labute approximate surface area is 184 Å². The first kappa shape index (κ1) is 21.2. The molecule has 0 spiro atoms. The summed E-state index contributed by atoms with van der Waals surface area (Å²) < 4.78 is 4.94. The lowest BCUT2D eigenvalue weighted by atomic mass is 9.74. The van der Waals surface area contributed by atoms with Crippen molar-refractivity contribution < 1.29 is 14.3 Å². The second-order valence-corrected chi connectivity index (χ2v) is 9.43. The van der Waals surface area contributed by atoms with Gasteiger partial charge in [-0.3, -0.25) is 9.59 Å². The number of benzene rings is 2. The van der Waals surface area contributed by atoms with Gasteiger partial charge in [0, 0.05) is 24.1 Å². The molecule has 5 heteroatoms. The maximum atomic E-state index is 12.5.